The highest BCUT2D eigenvalue weighted by Gasteiger charge is 2.21. The van der Waals surface area contributed by atoms with Gasteiger partial charge in [0.25, 0.3) is 5.91 Å². The van der Waals surface area contributed by atoms with Crippen molar-refractivity contribution in [2.24, 2.45) is 0 Å². The molecule has 0 saturated heterocycles. The molecular formula is C14H17NO5S. The number of nitrogens with one attached hydrogen (secondary N) is 1. The van der Waals surface area contributed by atoms with Gasteiger partial charge in [0.2, 0.25) is 5.76 Å². The highest BCUT2D eigenvalue weighted by Crippen LogP contribution is 2.29. The van der Waals surface area contributed by atoms with E-state index in [-0.39, 0.29) is 12.4 Å². The number of carbonyl (C=O) groups is 2. The monoisotopic (exact) mass is 311 g/mol. The van der Waals surface area contributed by atoms with Crippen molar-refractivity contribution in [1.29, 1.82) is 0 Å². The maximum atomic E-state index is 12.1. The van der Waals surface area contributed by atoms with Crippen LogP contribution in [0.15, 0.2) is 18.1 Å². The molecule has 0 saturated carbocycles. The lowest BCUT2D eigenvalue weighted by molar-refractivity contribution is -0.117. The van der Waals surface area contributed by atoms with E-state index in [9.17, 15) is 9.59 Å². The molecule has 0 atom stereocenters. The standard InChI is InChI=1S/C14H17NO5S/c1-3-9-7-10(14(17)19-4-2)13(21-9)15-12(16)11-8-18-5-6-20-11/h7-8H,3-6H2,1-2H3,(H,15,16). The second-order valence-corrected chi connectivity index (χ2v) is 5.32. The minimum absolute atomic E-state index is 0.0995. The van der Waals surface area contributed by atoms with Crippen LogP contribution in [0.25, 0.3) is 0 Å². The van der Waals surface area contributed by atoms with Crippen LogP contribution in [0.5, 0.6) is 0 Å². The zero-order chi connectivity index (χ0) is 15.2. The summed E-state index contributed by atoms with van der Waals surface area (Å²) in [6.45, 7) is 4.75. The number of carbonyl (C=O) groups excluding carboxylic acids is 2. The lowest BCUT2D eigenvalue weighted by Gasteiger charge is -2.14. The van der Waals surface area contributed by atoms with Crippen molar-refractivity contribution in [2.75, 3.05) is 25.1 Å². The Morgan fingerprint density at radius 2 is 2.19 bits per heavy atom. The van der Waals surface area contributed by atoms with Crippen LogP contribution >= 0.6 is 11.3 Å². The van der Waals surface area contributed by atoms with Gasteiger partial charge in [-0.1, -0.05) is 6.92 Å². The quantitative estimate of drug-likeness (QED) is 0.845. The Balaban J connectivity index is 2.18. The summed E-state index contributed by atoms with van der Waals surface area (Å²) in [5.41, 5.74) is 0.365. The first-order valence-corrected chi connectivity index (χ1v) is 7.53. The molecule has 1 aromatic heterocycles. The molecule has 21 heavy (non-hydrogen) atoms. The predicted octanol–water partition coefficient (Wildman–Crippen LogP) is 2.31. The fourth-order valence-corrected chi connectivity index (χ4v) is 2.70. The fourth-order valence-electron chi connectivity index (χ4n) is 1.72. The number of hydrogen-bond donors (Lipinski definition) is 1. The summed E-state index contributed by atoms with van der Waals surface area (Å²) in [6.07, 6.45) is 2.05. The molecule has 0 aromatic carbocycles. The highest BCUT2D eigenvalue weighted by atomic mass is 32.1. The van der Waals surface area contributed by atoms with E-state index in [1.54, 1.807) is 13.0 Å². The van der Waals surface area contributed by atoms with E-state index in [0.717, 1.165) is 11.3 Å². The Hall–Kier alpha value is -2.02. The summed E-state index contributed by atoms with van der Waals surface area (Å²) < 4.78 is 15.3. The normalized spacial score (nSPS) is 13.7. The SMILES string of the molecule is CCOC(=O)c1cc(CC)sc1NC(=O)C1=COCCO1. The van der Waals surface area contributed by atoms with Gasteiger partial charge in [0.05, 0.1) is 12.2 Å². The molecule has 7 heteroatoms. The van der Waals surface area contributed by atoms with Crippen LogP contribution in [0.2, 0.25) is 0 Å². The van der Waals surface area contributed by atoms with Crippen molar-refractivity contribution in [3.8, 4) is 0 Å². The molecule has 6 nitrogen and oxygen atoms in total. The van der Waals surface area contributed by atoms with Gasteiger partial charge in [-0.05, 0) is 19.4 Å². The molecule has 0 fully saturated rings. The molecule has 0 aliphatic carbocycles. The molecule has 1 amide bonds. The Bertz CT molecular complexity index is 564. The van der Waals surface area contributed by atoms with Crippen molar-refractivity contribution in [2.45, 2.75) is 20.3 Å². The molecule has 2 heterocycles. The van der Waals surface area contributed by atoms with E-state index in [0.29, 0.717) is 23.8 Å². The van der Waals surface area contributed by atoms with E-state index in [1.807, 2.05) is 6.92 Å². The first-order valence-electron chi connectivity index (χ1n) is 6.71. The zero-order valence-corrected chi connectivity index (χ0v) is 12.7. The van der Waals surface area contributed by atoms with Gasteiger partial charge in [0, 0.05) is 4.88 Å². The predicted molar refractivity (Wildman–Crippen MR) is 78.3 cm³/mol. The molecule has 2 rings (SSSR count). The van der Waals surface area contributed by atoms with E-state index < -0.39 is 11.9 Å². The number of thiophene rings is 1. The lowest BCUT2D eigenvalue weighted by Crippen LogP contribution is -2.21. The topological polar surface area (TPSA) is 73.9 Å². The minimum atomic E-state index is -0.446. The lowest BCUT2D eigenvalue weighted by atomic mass is 10.2. The third-order valence-corrected chi connectivity index (χ3v) is 3.92. The summed E-state index contributed by atoms with van der Waals surface area (Å²) in [6, 6.07) is 1.74. The van der Waals surface area contributed by atoms with E-state index in [4.69, 9.17) is 14.2 Å². The van der Waals surface area contributed by atoms with Crippen LogP contribution in [0.3, 0.4) is 0 Å². The summed E-state index contributed by atoms with van der Waals surface area (Å²) in [4.78, 5) is 25.0. The number of hydrogen-bond acceptors (Lipinski definition) is 6. The Morgan fingerprint density at radius 1 is 1.38 bits per heavy atom. The summed E-state index contributed by atoms with van der Waals surface area (Å²) in [7, 11) is 0. The van der Waals surface area contributed by atoms with Crippen molar-refractivity contribution in [3.63, 3.8) is 0 Å². The van der Waals surface area contributed by atoms with E-state index in [2.05, 4.69) is 5.32 Å². The minimum Gasteiger partial charge on any atom is -0.494 e. The number of anilines is 1. The van der Waals surface area contributed by atoms with Gasteiger partial charge in [-0.15, -0.1) is 11.3 Å². The molecule has 1 aliphatic heterocycles. The van der Waals surface area contributed by atoms with Crippen LogP contribution in [0, 0.1) is 0 Å². The van der Waals surface area contributed by atoms with Gasteiger partial charge in [-0.2, -0.15) is 0 Å². The number of rotatable bonds is 5. The Kier molecular flexibility index (Phi) is 5.21. The Morgan fingerprint density at radius 3 is 2.81 bits per heavy atom. The smallest absolute Gasteiger partial charge is 0.341 e. The first-order chi connectivity index (χ1) is 10.2. The van der Waals surface area contributed by atoms with E-state index >= 15 is 0 Å². The number of aryl methyl sites for hydroxylation is 1. The van der Waals surface area contributed by atoms with Crippen molar-refractivity contribution in [3.05, 3.63) is 28.5 Å². The molecular weight excluding hydrogens is 294 g/mol. The third kappa shape index (κ3) is 3.75. The second kappa shape index (κ2) is 7.12. The highest BCUT2D eigenvalue weighted by molar-refractivity contribution is 7.16. The summed E-state index contributed by atoms with van der Waals surface area (Å²) in [5.74, 6) is -0.786. The van der Waals surface area contributed by atoms with Gasteiger partial charge in [0.1, 0.15) is 24.5 Å². The number of amides is 1. The Labute approximate surface area is 126 Å². The van der Waals surface area contributed by atoms with E-state index in [1.165, 1.54) is 17.6 Å². The largest absolute Gasteiger partial charge is 0.494 e. The fraction of sp³-hybridized carbons (Fsp3) is 0.429. The average molecular weight is 311 g/mol. The van der Waals surface area contributed by atoms with Crippen molar-refractivity contribution < 1.29 is 23.8 Å². The maximum Gasteiger partial charge on any atom is 0.341 e. The van der Waals surface area contributed by atoms with Crippen LogP contribution in [0.1, 0.15) is 29.1 Å². The molecule has 1 aliphatic rings. The molecule has 0 unspecified atom stereocenters. The third-order valence-electron chi connectivity index (χ3n) is 2.73. The molecule has 0 radical (unpaired) electrons. The molecule has 1 N–H and O–H groups in total. The molecule has 114 valence electrons. The van der Waals surface area contributed by atoms with Crippen molar-refractivity contribution in [1.82, 2.24) is 0 Å². The van der Waals surface area contributed by atoms with Crippen molar-refractivity contribution >= 4 is 28.2 Å². The second-order valence-electron chi connectivity index (χ2n) is 4.19. The first kappa shape index (κ1) is 15.4. The number of ether oxygens (including phenoxy) is 3. The van der Waals surface area contributed by atoms with Crippen LogP contribution in [-0.2, 0) is 25.4 Å². The van der Waals surface area contributed by atoms with Gasteiger partial charge in [-0.3, -0.25) is 4.79 Å². The van der Waals surface area contributed by atoms with Gasteiger partial charge in [-0.25, -0.2) is 4.79 Å². The molecule has 0 bridgehead atoms. The van der Waals surface area contributed by atoms with Gasteiger partial charge < -0.3 is 19.5 Å². The summed E-state index contributed by atoms with van der Waals surface area (Å²) in [5, 5.41) is 3.14. The molecule has 0 spiro atoms. The van der Waals surface area contributed by atoms with Gasteiger partial charge in [0.15, 0.2) is 0 Å². The molecule has 1 aromatic rings. The zero-order valence-electron chi connectivity index (χ0n) is 11.9. The summed E-state index contributed by atoms with van der Waals surface area (Å²) >= 11 is 1.35. The van der Waals surface area contributed by atoms with Crippen LogP contribution in [0.4, 0.5) is 5.00 Å². The average Bonchev–Trinajstić information content (AvgIpc) is 2.91. The van der Waals surface area contributed by atoms with Crippen LogP contribution < -0.4 is 5.32 Å². The maximum absolute atomic E-state index is 12.1. The van der Waals surface area contributed by atoms with Crippen LogP contribution in [-0.4, -0.2) is 31.7 Å². The number of esters is 1. The van der Waals surface area contributed by atoms with Gasteiger partial charge >= 0.3 is 5.97 Å².